The summed E-state index contributed by atoms with van der Waals surface area (Å²) in [5.41, 5.74) is 0.0792. The van der Waals surface area contributed by atoms with Gasteiger partial charge in [-0.15, -0.1) is 0 Å². The van der Waals surface area contributed by atoms with Crippen LogP contribution in [0.4, 0.5) is 0 Å². The average molecular weight is 316 g/mol. The Morgan fingerprint density at radius 1 is 1.39 bits per heavy atom. The summed E-state index contributed by atoms with van der Waals surface area (Å²) in [5.74, 6) is -0.301. The van der Waals surface area contributed by atoms with Crippen LogP contribution in [0.1, 0.15) is 17.4 Å². The number of carbonyl (C=O) groups is 1. The van der Waals surface area contributed by atoms with Gasteiger partial charge in [-0.25, -0.2) is 4.68 Å². The topological polar surface area (TPSA) is 76.5 Å². The van der Waals surface area contributed by atoms with Crippen LogP contribution in [-0.4, -0.2) is 53.4 Å². The molecule has 0 bridgehead atoms. The largest absolute Gasteiger partial charge is 0.379 e. The van der Waals surface area contributed by atoms with Crippen molar-refractivity contribution in [3.05, 3.63) is 40.3 Å². The monoisotopic (exact) mass is 316 g/mol. The van der Waals surface area contributed by atoms with Gasteiger partial charge in [0.15, 0.2) is 5.69 Å². The van der Waals surface area contributed by atoms with Crippen LogP contribution in [0.5, 0.6) is 0 Å². The van der Waals surface area contributed by atoms with E-state index in [0.717, 1.165) is 6.54 Å². The lowest BCUT2D eigenvalue weighted by atomic mass is 10.1. The second-order valence-electron chi connectivity index (χ2n) is 5.66. The molecular weight excluding hydrogens is 296 g/mol. The molecule has 7 nitrogen and oxygen atoms in total. The number of amides is 1. The number of hydrogen-bond donors (Lipinski definition) is 1. The summed E-state index contributed by atoms with van der Waals surface area (Å²) in [6.45, 7) is 4.39. The zero-order chi connectivity index (χ0) is 16.4. The fourth-order valence-corrected chi connectivity index (χ4v) is 2.76. The highest BCUT2D eigenvalue weighted by Crippen LogP contribution is 2.14. The van der Waals surface area contributed by atoms with E-state index in [1.54, 1.807) is 31.3 Å². The SMILES string of the molecule is CNC(=O)c1nn(CN2CCOC[C@@H]2C)c(=O)c2ccccc12. The highest BCUT2D eigenvalue weighted by atomic mass is 16.5. The molecule has 2 aromatic rings. The van der Waals surface area contributed by atoms with E-state index in [9.17, 15) is 9.59 Å². The fraction of sp³-hybridized carbons (Fsp3) is 0.438. The van der Waals surface area contributed by atoms with Gasteiger partial charge >= 0.3 is 0 Å². The lowest BCUT2D eigenvalue weighted by Crippen LogP contribution is -2.46. The fourth-order valence-electron chi connectivity index (χ4n) is 2.76. The Morgan fingerprint density at radius 2 is 2.13 bits per heavy atom. The molecule has 122 valence electrons. The minimum Gasteiger partial charge on any atom is -0.379 e. The molecule has 1 aromatic heterocycles. The van der Waals surface area contributed by atoms with Crippen molar-refractivity contribution in [3.63, 3.8) is 0 Å². The van der Waals surface area contributed by atoms with Gasteiger partial charge in [-0.1, -0.05) is 18.2 Å². The summed E-state index contributed by atoms with van der Waals surface area (Å²) in [6.07, 6.45) is 0. The van der Waals surface area contributed by atoms with Crippen molar-refractivity contribution in [2.45, 2.75) is 19.6 Å². The number of nitrogens with one attached hydrogen (secondary N) is 1. The maximum atomic E-state index is 12.7. The van der Waals surface area contributed by atoms with Crippen LogP contribution in [0, 0.1) is 0 Å². The molecule has 1 aromatic carbocycles. The molecule has 1 N–H and O–H groups in total. The second-order valence-corrected chi connectivity index (χ2v) is 5.66. The van der Waals surface area contributed by atoms with E-state index in [1.807, 2.05) is 6.92 Å². The van der Waals surface area contributed by atoms with E-state index in [-0.39, 0.29) is 23.2 Å². The molecule has 0 saturated carbocycles. The first kappa shape index (κ1) is 15.6. The molecule has 1 amide bonds. The molecule has 1 atom stereocenters. The van der Waals surface area contributed by atoms with Crippen LogP contribution in [0.3, 0.4) is 0 Å². The molecule has 1 aliphatic heterocycles. The molecule has 0 radical (unpaired) electrons. The van der Waals surface area contributed by atoms with Gasteiger partial charge in [0, 0.05) is 25.0 Å². The van der Waals surface area contributed by atoms with Crippen LogP contribution in [0.2, 0.25) is 0 Å². The van der Waals surface area contributed by atoms with E-state index in [1.165, 1.54) is 4.68 Å². The van der Waals surface area contributed by atoms with Crippen LogP contribution in [-0.2, 0) is 11.4 Å². The van der Waals surface area contributed by atoms with Gasteiger partial charge in [0.1, 0.15) is 0 Å². The summed E-state index contributed by atoms with van der Waals surface area (Å²) in [5, 5.41) is 7.97. The summed E-state index contributed by atoms with van der Waals surface area (Å²) >= 11 is 0. The van der Waals surface area contributed by atoms with Crippen LogP contribution < -0.4 is 10.9 Å². The van der Waals surface area contributed by atoms with Gasteiger partial charge in [-0.05, 0) is 13.0 Å². The highest BCUT2D eigenvalue weighted by Gasteiger charge is 2.21. The van der Waals surface area contributed by atoms with Crippen molar-refractivity contribution >= 4 is 16.7 Å². The first-order chi connectivity index (χ1) is 11.1. The summed E-state index contributed by atoms with van der Waals surface area (Å²) in [4.78, 5) is 26.9. The van der Waals surface area contributed by atoms with E-state index in [4.69, 9.17) is 4.74 Å². The third-order valence-corrected chi connectivity index (χ3v) is 4.13. The van der Waals surface area contributed by atoms with Gasteiger partial charge in [0.05, 0.1) is 25.3 Å². The number of rotatable bonds is 3. The molecular formula is C16H20N4O3. The van der Waals surface area contributed by atoms with Gasteiger partial charge in [0.25, 0.3) is 11.5 Å². The van der Waals surface area contributed by atoms with Gasteiger partial charge < -0.3 is 10.1 Å². The number of benzene rings is 1. The molecule has 1 saturated heterocycles. The lowest BCUT2D eigenvalue weighted by Gasteiger charge is -2.33. The second kappa shape index (κ2) is 6.47. The number of aromatic nitrogens is 2. The van der Waals surface area contributed by atoms with E-state index in [0.29, 0.717) is 30.7 Å². The summed E-state index contributed by atoms with van der Waals surface area (Å²) in [6, 6.07) is 7.26. The number of ether oxygens (including phenoxy) is 1. The number of carbonyl (C=O) groups excluding carboxylic acids is 1. The zero-order valence-corrected chi connectivity index (χ0v) is 13.3. The minimum absolute atomic E-state index is 0.188. The Balaban J connectivity index is 2.08. The smallest absolute Gasteiger partial charge is 0.275 e. The maximum absolute atomic E-state index is 12.7. The normalized spacial score (nSPS) is 19.0. The van der Waals surface area contributed by atoms with Crippen molar-refractivity contribution in [3.8, 4) is 0 Å². The molecule has 1 fully saturated rings. The average Bonchev–Trinajstić information content (AvgIpc) is 2.58. The third-order valence-electron chi connectivity index (χ3n) is 4.13. The van der Waals surface area contributed by atoms with Crippen molar-refractivity contribution in [2.75, 3.05) is 26.8 Å². The first-order valence-corrected chi connectivity index (χ1v) is 7.65. The molecule has 3 rings (SSSR count). The molecule has 0 aliphatic carbocycles. The van der Waals surface area contributed by atoms with Crippen LogP contribution >= 0.6 is 0 Å². The van der Waals surface area contributed by atoms with Gasteiger partial charge in [-0.2, -0.15) is 5.10 Å². The van der Waals surface area contributed by atoms with Crippen molar-refractivity contribution < 1.29 is 9.53 Å². The molecule has 0 spiro atoms. The van der Waals surface area contributed by atoms with Gasteiger partial charge in [-0.3, -0.25) is 14.5 Å². The Morgan fingerprint density at radius 3 is 2.83 bits per heavy atom. The minimum atomic E-state index is -0.301. The molecule has 23 heavy (non-hydrogen) atoms. The molecule has 7 heteroatoms. The van der Waals surface area contributed by atoms with E-state index >= 15 is 0 Å². The van der Waals surface area contributed by atoms with Crippen molar-refractivity contribution in [1.82, 2.24) is 20.0 Å². The number of fused-ring (bicyclic) bond motifs is 1. The Kier molecular flexibility index (Phi) is 4.40. The lowest BCUT2D eigenvalue weighted by molar-refractivity contribution is -0.0180. The highest BCUT2D eigenvalue weighted by molar-refractivity contribution is 6.04. The Bertz CT molecular complexity index is 786. The summed E-state index contributed by atoms with van der Waals surface area (Å²) < 4.78 is 6.79. The molecule has 1 aliphatic rings. The van der Waals surface area contributed by atoms with E-state index < -0.39 is 0 Å². The summed E-state index contributed by atoms with van der Waals surface area (Å²) in [7, 11) is 1.55. The number of hydrogen-bond acceptors (Lipinski definition) is 5. The number of nitrogens with zero attached hydrogens (tertiary/aromatic N) is 3. The Labute approximate surface area is 133 Å². The van der Waals surface area contributed by atoms with Crippen molar-refractivity contribution in [2.24, 2.45) is 0 Å². The first-order valence-electron chi connectivity index (χ1n) is 7.65. The zero-order valence-electron chi connectivity index (χ0n) is 13.3. The predicted octanol–water partition coefficient (Wildman–Crippen LogP) is 0.434. The van der Waals surface area contributed by atoms with E-state index in [2.05, 4.69) is 15.3 Å². The predicted molar refractivity (Wildman–Crippen MR) is 86.4 cm³/mol. The molecule has 0 unspecified atom stereocenters. The van der Waals surface area contributed by atoms with Gasteiger partial charge in [0.2, 0.25) is 0 Å². The van der Waals surface area contributed by atoms with Crippen molar-refractivity contribution in [1.29, 1.82) is 0 Å². The number of morpholine rings is 1. The maximum Gasteiger partial charge on any atom is 0.275 e. The van der Waals surface area contributed by atoms with Crippen LogP contribution in [0.15, 0.2) is 29.1 Å². The third kappa shape index (κ3) is 2.97. The van der Waals surface area contributed by atoms with Crippen LogP contribution in [0.25, 0.3) is 10.8 Å². The Hall–Kier alpha value is -2.25. The molecule has 2 heterocycles. The standard InChI is InChI=1S/C16H20N4O3/c1-11-9-23-8-7-19(11)10-20-16(22)13-6-4-3-5-12(13)14(18-20)15(21)17-2/h3-6,11H,7-10H2,1-2H3,(H,17,21)/t11-/m0/s1. The quantitative estimate of drug-likeness (QED) is 0.889.